The lowest BCUT2D eigenvalue weighted by molar-refractivity contribution is -0.120. The summed E-state index contributed by atoms with van der Waals surface area (Å²) in [6.07, 6.45) is 0. The monoisotopic (exact) mass is 432 g/mol. The lowest BCUT2D eigenvalue weighted by Gasteiger charge is -2.27. The molecule has 1 aliphatic rings. The maximum atomic E-state index is 13.5. The number of carbonyl (C=O) groups excluding carboxylic acids is 2. The van der Waals surface area contributed by atoms with Crippen LogP contribution in [0, 0.1) is 0 Å². The Labute approximate surface area is 186 Å². The summed E-state index contributed by atoms with van der Waals surface area (Å²) in [5.74, 6) is 0.755. The molecule has 0 saturated heterocycles. The van der Waals surface area contributed by atoms with E-state index in [4.69, 9.17) is 14.2 Å². The Morgan fingerprint density at radius 1 is 0.906 bits per heavy atom. The Balaban J connectivity index is 1.69. The Morgan fingerprint density at radius 2 is 1.53 bits per heavy atom. The number of methoxy groups -OCH3 is 3. The van der Waals surface area contributed by atoms with E-state index in [1.54, 1.807) is 23.1 Å². The highest BCUT2D eigenvalue weighted by atomic mass is 16.5. The van der Waals surface area contributed by atoms with Gasteiger partial charge in [-0.25, -0.2) is 0 Å². The molecule has 0 spiro atoms. The highest BCUT2D eigenvalue weighted by Gasteiger charge is 2.37. The quantitative estimate of drug-likeness (QED) is 0.610. The Bertz CT molecular complexity index is 1120. The maximum absolute atomic E-state index is 13.5. The van der Waals surface area contributed by atoms with Crippen molar-refractivity contribution < 1.29 is 23.8 Å². The number of nitrogens with one attached hydrogen (secondary N) is 1. The lowest BCUT2D eigenvalue weighted by Crippen LogP contribution is -2.37. The molecule has 1 aliphatic heterocycles. The Kier molecular flexibility index (Phi) is 5.98. The molecule has 0 unspecified atom stereocenters. The van der Waals surface area contributed by atoms with Crippen LogP contribution in [0.1, 0.15) is 27.5 Å². The summed E-state index contributed by atoms with van der Waals surface area (Å²) in [7, 11) is 4.53. The number of benzene rings is 3. The number of anilines is 1. The van der Waals surface area contributed by atoms with E-state index in [0.29, 0.717) is 35.0 Å². The maximum Gasteiger partial charge on any atom is 0.255 e. The summed E-state index contributed by atoms with van der Waals surface area (Å²) in [5, 5.41) is 2.92. The average molecular weight is 432 g/mol. The number of carbonyl (C=O) groups is 2. The number of ether oxygens (including phenoxy) is 3. The fourth-order valence-electron chi connectivity index (χ4n) is 3.96. The van der Waals surface area contributed by atoms with Crippen molar-refractivity contribution >= 4 is 17.5 Å². The van der Waals surface area contributed by atoms with Gasteiger partial charge in [0.1, 0.15) is 6.04 Å². The van der Waals surface area contributed by atoms with E-state index in [-0.39, 0.29) is 11.8 Å². The predicted molar refractivity (Wildman–Crippen MR) is 120 cm³/mol. The van der Waals surface area contributed by atoms with Crippen molar-refractivity contribution in [2.45, 2.75) is 12.6 Å². The standard InChI is InChI=1S/C25H24N2O5/c1-30-20-13-18(14-21(31-2)23(20)32-3)26-24(28)22(16-9-5-4-6-10-16)27-15-17-11-7-8-12-19(17)25(27)29/h4-14,22H,15H2,1-3H3,(H,26,28)/t22-/m1/s1. The van der Waals surface area contributed by atoms with Gasteiger partial charge in [0.25, 0.3) is 11.8 Å². The molecule has 0 bridgehead atoms. The van der Waals surface area contributed by atoms with Crippen molar-refractivity contribution in [2.75, 3.05) is 26.6 Å². The minimum Gasteiger partial charge on any atom is -0.493 e. The topological polar surface area (TPSA) is 77.1 Å². The van der Waals surface area contributed by atoms with Crippen molar-refractivity contribution in [3.63, 3.8) is 0 Å². The van der Waals surface area contributed by atoms with Crippen molar-refractivity contribution in [1.29, 1.82) is 0 Å². The van der Waals surface area contributed by atoms with Gasteiger partial charge >= 0.3 is 0 Å². The van der Waals surface area contributed by atoms with Gasteiger partial charge in [0.05, 0.1) is 21.3 Å². The van der Waals surface area contributed by atoms with Gasteiger partial charge in [-0.15, -0.1) is 0 Å². The van der Waals surface area contributed by atoms with E-state index >= 15 is 0 Å². The molecule has 0 radical (unpaired) electrons. The highest BCUT2D eigenvalue weighted by Crippen LogP contribution is 2.40. The predicted octanol–water partition coefficient (Wildman–Crippen LogP) is 4.05. The second kappa shape index (κ2) is 9.01. The van der Waals surface area contributed by atoms with E-state index in [1.165, 1.54) is 21.3 Å². The molecule has 2 amide bonds. The fraction of sp³-hybridized carbons (Fsp3) is 0.200. The third-order valence-corrected chi connectivity index (χ3v) is 5.46. The zero-order valence-electron chi connectivity index (χ0n) is 18.1. The van der Waals surface area contributed by atoms with Gasteiger partial charge in [-0.2, -0.15) is 0 Å². The minimum atomic E-state index is -0.810. The molecule has 3 aromatic rings. The summed E-state index contributed by atoms with van der Waals surface area (Å²) in [5.41, 5.74) is 2.71. The molecule has 4 rings (SSSR count). The van der Waals surface area contributed by atoms with Crippen LogP contribution >= 0.6 is 0 Å². The minimum absolute atomic E-state index is 0.172. The number of hydrogen-bond acceptors (Lipinski definition) is 5. The lowest BCUT2D eigenvalue weighted by atomic mass is 10.0. The van der Waals surface area contributed by atoms with E-state index in [0.717, 1.165) is 11.1 Å². The van der Waals surface area contributed by atoms with Gasteiger partial charge in [0, 0.05) is 29.9 Å². The molecule has 7 heteroatoms. The second-order valence-electron chi connectivity index (χ2n) is 7.31. The first kappa shape index (κ1) is 21.2. The average Bonchev–Trinajstić information content (AvgIpc) is 3.15. The summed E-state index contributed by atoms with van der Waals surface area (Å²) < 4.78 is 16.1. The molecule has 0 fully saturated rings. The zero-order chi connectivity index (χ0) is 22.7. The molecule has 164 valence electrons. The highest BCUT2D eigenvalue weighted by molar-refractivity contribution is 6.04. The van der Waals surface area contributed by atoms with E-state index in [2.05, 4.69) is 5.32 Å². The second-order valence-corrected chi connectivity index (χ2v) is 7.31. The molecule has 0 saturated carbocycles. The first-order valence-electron chi connectivity index (χ1n) is 10.1. The van der Waals surface area contributed by atoms with Crippen molar-refractivity contribution in [2.24, 2.45) is 0 Å². The molecular weight excluding hydrogens is 408 g/mol. The first-order chi connectivity index (χ1) is 15.6. The Morgan fingerprint density at radius 3 is 2.12 bits per heavy atom. The van der Waals surface area contributed by atoms with Gasteiger partial charge in [-0.05, 0) is 17.2 Å². The summed E-state index contributed by atoms with van der Waals surface area (Å²) in [6, 6.07) is 19.2. The fourth-order valence-corrected chi connectivity index (χ4v) is 3.96. The molecule has 7 nitrogen and oxygen atoms in total. The third-order valence-electron chi connectivity index (χ3n) is 5.46. The molecule has 3 aromatic carbocycles. The van der Waals surface area contributed by atoms with Crippen LogP contribution in [0.5, 0.6) is 17.2 Å². The van der Waals surface area contributed by atoms with Gasteiger partial charge in [-0.1, -0.05) is 48.5 Å². The van der Waals surface area contributed by atoms with E-state index in [9.17, 15) is 9.59 Å². The van der Waals surface area contributed by atoms with E-state index in [1.807, 2.05) is 48.5 Å². The van der Waals surface area contributed by atoms with E-state index < -0.39 is 6.04 Å². The molecular formula is C25H24N2O5. The molecule has 1 atom stereocenters. The van der Waals surface area contributed by atoms with Gasteiger partial charge in [0.2, 0.25) is 5.75 Å². The molecule has 0 aliphatic carbocycles. The van der Waals surface area contributed by atoms with Crippen LogP contribution in [-0.2, 0) is 11.3 Å². The van der Waals surface area contributed by atoms with Crippen molar-refractivity contribution in [3.05, 3.63) is 83.4 Å². The van der Waals surface area contributed by atoms with Gasteiger partial charge in [0.15, 0.2) is 11.5 Å². The number of nitrogens with zero attached hydrogens (tertiary/aromatic N) is 1. The van der Waals surface area contributed by atoms with Crippen LogP contribution in [0.2, 0.25) is 0 Å². The number of fused-ring (bicyclic) bond motifs is 1. The van der Waals surface area contributed by atoms with Crippen LogP contribution in [0.25, 0.3) is 0 Å². The third kappa shape index (κ3) is 3.85. The van der Waals surface area contributed by atoms with Crippen molar-refractivity contribution in [1.82, 2.24) is 4.90 Å². The SMILES string of the molecule is COc1cc(NC(=O)[C@@H](c2ccccc2)N2Cc3ccccc3C2=O)cc(OC)c1OC. The van der Waals surface area contributed by atoms with Gasteiger partial charge in [-0.3, -0.25) is 9.59 Å². The molecule has 1 heterocycles. The summed E-state index contributed by atoms with van der Waals surface area (Å²) in [4.78, 5) is 28.3. The molecule has 1 N–H and O–H groups in total. The van der Waals surface area contributed by atoms with Crippen LogP contribution in [0.4, 0.5) is 5.69 Å². The molecule has 32 heavy (non-hydrogen) atoms. The van der Waals surface area contributed by atoms with Crippen LogP contribution in [-0.4, -0.2) is 38.0 Å². The number of amides is 2. The van der Waals surface area contributed by atoms with Crippen molar-refractivity contribution in [3.8, 4) is 17.2 Å². The van der Waals surface area contributed by atoms with Crippen LogP contribution in [0.3, 0.4) is 0 Å². The number of rotatable bonds is 7. The largest absolute Gasteiger partial charge is 0.493 e. The van der Waals surface area contributed by atoms with Crippen LogP contribution < -0.4 is 19.5 Å². The first-order valence-corrected chi connectivity index (χ1v) is 10.1. The normalized spacial score (nSPS) is 13.3. The molecule has 0 aromatic heterocycles. The summed E-state index contributed by atoms with van der Waals surface area (Å²) in [6.45, 7) is 0.358. The smallest absolute Gasteiger partial charge is 0.255 e. The zero-order valence-corrected chi connectivity index (χ0v) is 18.1. The van der Waals surface area contributed by atoms with Crippen LogP contribution in [0.15, 0.2) is 66.7 Å². The Hall–Kier alpha value is -4.00. The summed E-state index contributed by atoms with van der Waals surface area (Å²) >= 11 is 0. The number of hydrogen-bond donors (Lipinski definition) is 1. The van der Waals surface area contributed by atoms with Gasteiger partial charge < -0.3 is 24.4 Å².